The summed E-state index contributed by atoms with van der Waals surface area (Å²) in [6.07, 6.45) is 0.625. The second-order valence-electron chi connectivity index (χ2n) is 5.67. The molecule has 114 valence electrons. The third-order valence-electron chi connectivity index (χ3n) is 4.15. The van der Waals surface area contributed by atoms with Crippen molar-refractivity contribution in [3.63, 3.8) is 0 Å². The lowest BCUT2D eigenvalue weighted by Gasteiger charge is -2.24. The van der Waals surface area contributed by atoms with Gasteiger partial charge in [0, 0.05) is 35.9 Å². The topological polar surface area (TPSA) is 32.3 Å². The first-order valence-corrected chi connectivity index (χ1v) is 9.55. The molecule has 1 fully saturated rings. The van der Waals surface area contributed by atoms with Crippen LogP contribution in [0, 0.1) is 6.67 Å². The van der Waals surface area contributed by atoms with E-state index in [4.69, 9.17) is 0 Å². The molecule has 2 aromatic rings. The summed E-state index contributed by atoms with van der Waals surface area (Å²) >= 11 is 0. The molecule has 0 bridgehead atoms. The number of rotatable bonds is 5. The molecule has 1 aliphatic rings. The summed E-state index contributed by atoms with van der Waals surface area (Å²) in [5.41, 5.74) is 0. The predicted octanol–water partition coefficient (Wildman–Crippen LogP) is 2.29. The van der Waals surface area contributed by atoms with Gasteiger partial charge in [-0.05, 0) is 6.92 Å². The van der Waals surface area contributed by atoms with E-state index < -0.39 is 7.14 Å². The predicted molar refractivity (Wildman–Crippen MR) is 92.0 cm³/mol. The molecule has 0 aliphatic carbocycles. The van der Waals surface area contributed by atoms with Crippen molar-refractivity contribution < 1.29 is 4.57 Å². The molecule has 0 spiro atoms. The second kappa shape index (κ2) is 6.78. The van der Waals surface area contributed by atoms with Crippen LogP contribution in [0.15, 0.2) is 60.7 Å². The molecule has 0 saturated carbocycles. The van der Waals surface area contributed by atoms with Crippen molar-refractivity contribution in [1.82, 2.24) is 10.2 Å². The zero-order valence-electron chi connectivity index (χ0n) is 12.8. The van der Waals surface area contributed by atoms with Gasteiger partial charge in [-0.2, -0.15) is 0 Å². The van der Waals surface area contributed by atoms with Crippen LogP contribution in [0.2, 0.25) is 0 Å². The lowest BCUT2D eigenvalue weighted by Crippen LogP contribution is -2.31. The number of hydrogen-bond donors (Lipinski definition) is 1. The molecule has 2 radical (unpaired) electrons. The maximum absolute atomic E-state index is 13.8. The molecule has 4 heteroatoms. The molecule has 1 atom stereocenters. The molecule has 2 aromatic carbocycles. The van der Waals surface area contributed by atoms with Crippen molar-refractivity contribution in [1.29, 1.82) is 0 Å². The highest BCUT2D eigenvalue weighted by Gasteiger charge is 2.30. The van der Waals surface area contributed by atoms with Crippen molar-refractivity contribution in [2.24, 2.45) is 0 Å². The smallest absolute Gasteiger partial charge is 0.144 e. The van der Waals surface area contributed by atoms with Gasteiger partial charge in [-0.25, -0.2) is 0 Å². The Balaban J connectivity index is 1.88. The summed E-state index contributed by atoms with van der Waals surface area (Å²) in [5, 5.41) is 4.99. The van der Waals surface area contributed by atoms with Crippen LogP contribution in [0.5, 0.6) is 0 Å². The van der Waals surface area contributed by atoms with E-state index in [9.17, 15) is 4.57 Å². The minimum Gasteiger partial charge on any atom is -0.314 e. The maximum Gasteiger partial charge on any atom is 0.144 e. The van der Waals surface area contributed by atoms with Crippen LogP contribution in [0.3, 0.4) is 0 Å². The molecule has 1 heterocycles. The monoisotopic (exact) mass is 312 g/mol. The van der Waals surface area contributed by atoms with Gasteiger partial charge in [0.25, 0.3) is 0 Å². The van der Waals surface area contributed by atoms with Gasteiger partial charge in [0.2, 0.25) is 0 Å². The Morgan fingerprint density at radius 2 is 1.64 bits per heavy atom. The van der Waals surface area contributed by atoms with Crippen LogP contribution < -0.4 is 15.9 Å². The van der Waals surface area contributed by atoms with E-state index in [1.165, 1.54) is 0 Å². The maximum atomic E-state index is 13.8. The minimum absolute atomic E-state index is 0.403. The van der Waals surface area contributed by atoms with Crippen LogP contribution >= 0.6 is 7.14 Å². The second-order valence-corrected chi connectivity index (χ2v) is 8.63. The SMILES string of the molecule is CC1CN[C]N1CCP(=O)(c1ccccc1)c1ccccc1. The molecule has 1 aliphatic heterocycles. The van der Waals surface area contributed by atoms with E-state index in [2.05, 4.69) is 23.8 Å². The number of nitrogens with zero attached hydrogens (tertiary/aromatic N) is 1. The minimum atomic E-state index is -2.61. The normalized spacial score (nSPS) is 19.4. The summed E-state index contributed by atoms with van der Waals surface area (Å²) in [6, 6.07) is 20.1. The van der Waals surface area contributed by atoms with Crippen molar-refractivity contribution in [2.75, 3.05) is 19.3 Å². The Kier molecular flexibility index (Phi) is 4.77. The summed E-state index contributed by atoms with van der Waals surface area (Å²) in [5.74, 6) is 0. The van der Waals surface area contributed by atoms with Gasteiger partial charge in [-0.15, -0.1) is 0 Å². The van der Waals surface area contributed by atoms with E-state index in [0.717, 1.165) is 23.7 Å². The zero-order chi connectivity index (χ0) is 15.4. The summed E-state index contributed by atoms with van der Waals surface area (Å²) in [6.45, 7) is 6.95. The quantitative estimate of drug-likeness (QED) is 0.860. The average Bonchev–Trinajstić information content (AvgIpc) is 2.99. The Morgan fingerprint density at radius 3 is 2.09 bits per heavy atom. The number of nitrogens with one attached hydrogen (secondary N) is 1. The van der Waals surface area contributed by atoms with Gasteiger partial charge in [0.15, 0.2) is 0 Å². The summed E-state index contributed by atoms with van der Waals surface area (Å²) in [4.78, 5) is 2.12. The van der Waals surface area contributed by atoms with E-state index in [1.807, 2.05) is 60.7 Å². The van der Waals surface area contributed by atoms with E-state index in [0.29, 0.717) is 12.2 Å². The Labute approximate surface area is 132 Å². The molecule has 3 nitrogen and oxygen atoms in total. The van der Waals surface area contributed by atoms with Gasteiger partial charge in [-0.1, -0.05) is 60.7 Å². The third-order valence-corrected chi connectivity index (χ3v) is 7.25. The lowest BCUT2D eigenvalue weighted by molar-refractivity contribution is 0.330. The summed E-state index contributed by atoms with van der Waals surface area (Å²) in [7, 11) is -2.61. The fraction of sp³-hybridized carbons (Fsp3) is 0.278. The molecule has 1 unspecified atom stereocenters. The first-order chi connectivity index (χ1) is 10.7. The average molecular weight is 312 g/mol. The van der Waals surface area contributed by atoms with Crippen LogP contribution in [0.25, 0.3) is 0 Å². The van der Waals surface area contributed by atoms with Crippen molar-refractivity contribution in [3.8, 4) is 0 Å². The van der Waals surface area contributed by atoms with Gasteiger partial charge in [0.1, 0.15) is 13.8 Å². The van der Waals surface area contributed by atoms with E-state index in [-0.39, 0.29) is 0 Å². The number of benzene rings is 2. The standard InChI is InChI=1S/C18H21N2OP/c1-16-14-19-15-20(16)12-13-22(21,17-8-4-2-5-9-17)18-10-6-3-7-11-18/h2-11,16,19H,12-14H2,1H3. The fourth-order valence-electron chi connectivity index (χ4n) is 2.78. The highest BCUT2D eigenvalue weighted by molar-refractivity contribution is 7.78. The molecule has 0 amide bonds. The van der Waals surface area contributed by atoms with Gasteiger partial charge in [0.05, 0.1) is 0 Å². The highest BCUT2D eigenvalue weighted by Crippen LogP contribution is 2.43. The summed E-state index contributed by atoms with van der Waals surface area (Å²) < 4.78 is 13.8. The first-order valence-electron chi connectivity index (χ1n) is 7.65. The highest BCUT2D eigenvalue weighted by atomic mass is 31.2. The van der Waals surface area contributed by atoms with Gasteiger partial charge < -0.3 is 4.57 Å². The van der Waals surface area contributed by atoms with E-state index in [1.54, 1.807) is 0 Å². The lowest BCUT2D eigenvalue weighted by atomic mass is 10.3. The molecular formula is C18H21N2OP. The van der Waals surface area contributed by atoms with Gasteiger partial charge >= 0.3 is 0 Å². The molecule has 3 rings (SSSR count). The zero-order valence-corrected chi connectivity index (χ0v) is 13.7. The van der Waals surface area contributed by atoms with Crippen LogP contribution in [-0.4, -0.2) is 30.2 Å². The first kappa shape index (κ1) is 15.5. The van der Waals surface area contributed by atoms with Crippen molar-refractivity contribution in [3.05, 3.63) is 67.3 Å². The molecule has 1 saturated heterocycles. The van der Waals surface area contributed by atoms with Crippen molar-refractivity contribution in [2.45, 2.75) is 13.0 Å². The Bertz CT molecular complexity index is 601. The molecular weight excluding hydrogens is 291 g/mol. The van der Waals surface area contributed by atoms with Crippen LogP contribution in [0.1, 0.15) is 6.92 Å². The van der Waals surface area contributed by atoms with E-state index >= 15 is 0 Å². The fourth-order valence-corrected chi connectivity index (χ4v) is 5.40. The van der Waals surface area contributed by atoms with Crippen molar-refractivity contribution >= 4 is 17.8 Å². The Hall–Kier alpha value is -1.41. The molecule has 22 heavy (non-hydrogen) atoms. The molecule has 1 N–H and O–H groups in total. The Morgan fingerprint density at radius 1 is 1.09 bits per heavy atom. The van der Waals surface area contributed by atoms with Gasteiger partial charge in [-0.3, -0.25) is 10.2 Å². The van der Waals surface area contributed by atoms with Crippen LogP contribution in [0.4, 0.5) is 0 Å². The molecule has 0 aromatic heterocycles. The number of hydrogen-bond acceptors (Lipinski definition) is 3. The largest absolute Gasteiger partial charge is 0.314 e. The third kappa shape index (κ3) is 3.17. The van der Waals surface area contributed by atoms with Crippen LogP contribution in [-0.2, 0) is 4.57 Å².